The minimum Gasteiger partial charge on any atom is -0.474 e. The summed E-state index contributed by atoms with van der Waals surface area (Å²) in [5.74, 6) is -0.670. The predicted octanol–water partition coefficient (Wildman–Crippen LogP) is 0.850. The number of aryl methyl sites for hydroxylation is 1. The van der Waals surface area contributed by atoms with Crippen molar-refractivity contribution in [3.05, 3.63) is 28.1 Å². The Labute approximate surface area is 91.2 Å². The van der Waals surface area contributed by atoms with Crippen LogP contribution in [-0.2, 0) is 9.53 Å². The van der Waals surface area contributed by atoms with Crippen molar-refractivity contribution in [1.29, 1.82) is 0 Å². The van der Waals surface area contributed by atoms with E-state index in [-0.39, 0.29) is 18.0 Å². The summed E-state index contributed by atoms with van der Waals surface area (Å²) >= 11 is 0. The van der Waals surface area contributed by atoms with Crippen molar-refractivity contribution in [3.63, 3.8) is 0 Å². The van der Waals surface area contributed by atoms with E-state index in [0.717, 1.165) is 0 Å². The van der Waals surface area contributed by atoms with E-state index in [4.69, 9.17) is 4.74 Å². The third kappa shape index (κ3) is 2.91. The van der Waals surface area contributed by atoms with Crippen molar-refractivity contribution in [3.8, 4) is 5.75 Å². The molecule has 0 aliphatic rings. The molecule has 0 saturated carbocycles. The third-order valence-corrected chi connectivity index (χ3v) is 1.75. The maximum absolute atomic E-state index is 10.8. The molecule has 0 saturated heterocycles. The number of rotatable bonds is 4. The standard InChI is InChI=1S/C9H10N2O5/c1-6-3-7(11(13)14)8(4-10-6)16-5-9(12)15-2/h3-4H,5H2,1-2H3. The number of hydrogen-bond acceptors (Lipinski definition) is 6. The lowest BCUT2D eigenvalue weighted by molar-refractivity contribution is -0.386. The first kappa shape index (κ1) is 11.9. The van der Waals surface area contributed by atoms with Gasteiger partial charge in [0.1, 0.15) is 0 Å². The zero-order valence-corrected chi connectivity index (χ0v) is 8.80. The molecular weight excluding hydrogens is 216 g/mol. The van der Waals surface area contributed by atoms with Crippen LogP contribution in [0.1, 0.15) is 5.69 Å². The molecule has 0 fully saturated rings. The fourth-order valence-corrected chi connectivity index (χ4v) is 0.982. The van der Waals surface area contributed by atoms with Crippen molar-refractivity contribution in [2.24, 2.45) is 0 Å². The van der Waals surface area contributed by atoms with Gasteiger partial charge in [0, 0.05) is 11.8 Å². The number of methoxy groups -OCH3 is 1. The highest BCUT2D eigenvalue weighted by molar-refractivity contribution is 5.71. The molecule has 1 aromatic rings. The van der Waals surface area contributed by atoms with Crippen molar-refractivity contribution < 1.29 is 19.2 Å². The van der Waals surface area contributed by atoms with E-state index in [0.29, 0.717) is 5.69 Å². The van der Waals surface area contributed by atoms with Gasteiger partial charge in [-0.05, 0) is 6.92 Å². The Bertz CT molecular complexity index is 418. The minimum absolute atomic E-state index is 0.0546. The monoisotopic (exact) mass is 226 g/mol. The second-order valence-electron chi connectivity index (χ2n) is 2.92. The fourth-order valence-electron chi connectivity index (χ4n) is 0.982. The highest BCUT2D eigenvalue weighted by Crippen LogP contribution is 2.25. The van der Waals surface area contributed by atoms with E-state index in [1.54, 1.807) is 6.92 Å². The molecule has 0 bridgehead atoms. The van der Waals surface area contributed by atoms with Crippen LogP contribution in [0.15, 0.2) is 12.3 Å². The number of ether oxygens (including phenoxy) is 2. The van der Waals surface area contributed by atoms with E-state index in [2.05, 4.69) is 9.72 Å². The molecule has 0 spiro atoms. The number of esters is 1. The van der Waals surface area contributed by atoms with Crippen molar-refractivity contribution in [2.45, 2.75) is 6.92 Å². The second-order valence-corrected chi connectivity index (χ2v) is 2.92. The highest BCUT2D eigenvalue weighted by atomic mass is 16.6. The quantitative estimate of drug-likeness (QED) is 0.429. The van der Waals surface area contributed by atoms with Gasteiger partial charge in [0.15, 0.2) is 6.61 Å². The summed E-state index contributed by atoms with van der Waals surface area (Å²) in [4.78, 5) is 24.7. The molecule has 0 atom stereocenters. The van der Waals surface area contributed by atoms with E-state index in [1.165, 1.54) is 19.4 Å². The molecule has 1 rings (SSSR count). The zero-order valence-electron chi connectivity index (χ0n) is 8.80. The summed E-state index contributed by atoms with van der Waals surface area (Å²) in [5.41, 5.74) is 0.272. The number of hydrogen-bond donors (Lipinski definition) is 0. The molecule has 1 heterocycles. The van der Waals surface area contributed by atoms with Crippen LogP contribution in [0.4, 0.5) is 5.69 Å². The molecule has 0 aliphatic carbocycles. The van der Waals surface area contributed by atoms with Crippen LogP contribution in [0.25, 0.3) is 0 Å². The van der Waals surface area contributed by atoms with E-state index < -0.39 is 10.9 Å². The van der Waals surface area contributed by atoms with Crippen molar-refractivity contribution in [1.82, 2.24) is 4.98 Å². The van der Waals surface area contributed by atoms with Crippen LogP contribution in [-0.4, -0.2) is 29.6 Å². The normalized spacial score (nSPS) is 9.62. The van der Waals surface area contributed by atoms with Gasteiger partial charge >= 0.3 is 11.7 Å². The first-order chi connectivity index (χ1) is 7.54. The lowest BCUT2D eigenvalue weighted by atomic mass is 10.3. The van der Waals surface area contributed by atoms with Gasteiger partial charge in [-0.3, -0.25) is 15.1 Å². The summed E-state index contributed by atoms with van der Waals surface area (Å²) in [6.45, 7) is 1.24. The highest BCUT2D eigenvalue weighted by Gasteiger charge is 2.17. The van der Waals surface area contributed by atoms with Crippen LogP contribution in [0, 0.1) is 17.0 Å². The van der Waals surface area contributed by atoms with Gasteiger partial charge in [-0.25, -0.2) is 4.79 Å². The Balaban J connectivity index is 2.87. The molecule has 0 aromatic carbocycles. The Morgan fingerprint density at radius 1 is 1.62 bits per heavy atom. The molecule has 0 radical (unpaired) electrons. The van der Waals surface area contributed by atoms with E-state index >= 15 is 0 Å². The molecule has 7 heteroatoms. The molecule has 0 aliphatic heterocycles. The van der Waals surface area contributed by atoms with Gasteiger partial charge in [-0.15, -0.1) is 0 Å². The second kappa shape index (κ2) is 5.06. The number of aromatic nitrogens is 1. The summed E-state index contributed by atoms with van der Waals surface area (Å²) in [6, 6.07) is 1.27. The first-order valence-electron chi connectivity index (χ1n) is 4.35. The summed E-state index contributed by atoms with van der Waals surface area (Å²) < 4.78 is 9.27. The maximum Gasteiger partial charge on any atom is 0.343 e. The number of carbonyl (C=O) groups excluding carboxylic acids is 1. The van der Waals surface area contributed by atoms with Gasteiger partial charge in [-0.2, -0.15) is 0 Å². The van der Waals surface area contributed by atoms with Crippen LogP contribution >= 0.6 is 0 Å². The van der Waals surface area contributed by atoms with Gasteiger partial charge in [0.05, 0.1) is 18.2 Å². The smallest absolute Gasteiger partial charge is 0.343 e. The lowest BCUT2D eigenvalue weighted by Gasteiger charge is -2.05. The maximum atomic E-state index is 10.8. The number of nitrogens with zero attached hydrogens (tertiary/aromatic N) is 2. The van der Waals surface area contributed by atoms with E-state index in [9.17, 15) is 14.9 Å². The Morgan fingerprint density at radius 2 is 2.31 bits per heavy atom. The van der Waals surface area contributed by atoms with Gasteiger partial charge < -0.3 is 9.47 Å². The molecule has 86 valence electrons. The fraction of sp³-hybridized carbons (Fsp3) is 0.333. The van der Waals surface area contributed by atoms with E-state index in [1.807, 2.05) is 0 Å². The van der Waals surface area contributed by atoms with Gasteiger partial charge in [0.2, 0.25) is 5.75 Å². The molecule has 16 heavy (non-hydrogen) atoms. The molecular formula is C9H10N2O5. The minimum atomic E-state index is -0.616. The topological polar surface area (TPSA) is 91.6 Å². The Hall–Kier alpha value is -2.18. The number of pyridine rings is 1. The zero-order chi connectivity index (χ0) is 12.1. The molecule has 0 N–H and O–H groups in total. The molecule has 0 unspecified atom stereocenters. The molecule has 0 amide bonds. The first-order valence-corrected chi connectivity index (χ1v) is 4.35. The van der Waals surface area contributed by atoms with Crippen molar-refractivity contribution in [2.75, 3.05) is 13.7 Å². The third-order valence-electron chi connectivity index (χ3n) is 1.75. The van der Waals surface area contributed by atoms with Crippen molar-refractivity contribution >= 4 is 11.7 Å². The average Bonchev–Trinajstić information content (AvgIpc) is 2.26. The Kier molecular flexibility index (Phi) is 3.76. The number of carbonyl (C=O) groups is 1. The summed E-state index contributed by atoms with van der Waals surface area (Å²) in [5, 5.41) is 10.7. The van der Waals surface area contributed by atoms with Crippen LogP contribution in [0.2, 0.25) is 0 Å². The summed E-state index contributed by atoms with van der Waals surface area (Å²) in [6.07, 6.45) is 1.20. The van der Waals surface area contributed by atoms with Gasteiger partial charge in [0.25, 0.3) is 0 Å². The SMILES string of the molecule is COC(=O)COc1cnc(C)cc1[N+](=O)[O-]. The van der Waals surface area contributed by atoms with Crippen LogP contribution < -0.4 is 4.74 Å². The van der Waals surface area contributed by atoms with Crippen LogP contribution in [0.5, 0.6) is 5.75 Å². The predicted molar refractivity (Wildman–Crippen MR) is 53.1 cm³/mol. The largest absolute Gasteiger partial charge is 0.474 e. The molecule has 7 nitrogen and oxygen atoms in total. The van der Waals surface area contributed by atoms with Gasteiger partial charge in [-0.1, -0.05) is 0 Å². The number of nitro groups is 1. The Morgan fingerprint density at radius 3 is 2.88 bits per heavy atom. The van der Waals surface area contributed by atoms with Crippen LogP contribution in [0.3, 0.4) is 0 Å². The average molecular weight is 226 g/mol. The molecule has 1 aromatic heterocycles. The summed E-state index contributed by atoms with van der Waals surface area (Å²) in [7, 11) is 1.20. The lowest BCUT2D eigenvalue weighted by Crippen LogP contribution is -2.13.